The van der Waals surface area contributed by atoms with Crippen LogP contribution in [-0.2, 0) is 21.9 Å². The van der Waals surface area contributed by atoms with E-state index in [4.69, 9.17) is 11.6 Å². The zero-order valence-electron chi connectivity index (χ0n) is 18.9. The Morgan fingerprint density at radius 1 is 0.781 bits per heavy atom. The first-order valence-electron chi connectivity index (χ1n) is 12.1. The Labute approximate surface area is 196 Å². The molecule has 2 saturated carbocycles. The van der Waals surface area contributed by atoms with E-state index in [2.05, 4.69) is 92.0 Å². The van der Waals surface area contributed by atoms with E-state index >= 15 is 0 Å². The monoisotopic (exact) mass is 439 g/mol. The molecule has 32 heavy (non-hydrogen) atoms. The molecule has 1 nitrogen and oxygen atoms in total. The molecule has 3 aromatic carbocycles. The number of hydrogen-bond donors (Lipinski definition) is 1. The third kappa shape index (κ3) is 2.45. The molecule has 4 aliphatic rings. The molecule has 1 N–H and O–H groups in total. The van der Waals surface area contributed by atoms with E-state index in [1.54, 1.807) is 5.56 Å². The molecule has 162 valence electrons. The van der Waals surface area contributed by atoms with Crippen LogP contribution >= 0.6 is 11.6 Å². The van der Waals surface area contributed by atoms with Crippen LogP contribution in [0, 0.1) is 5.92 Å². The molecular weight excluding hydrogens is 410 g/mol. The molecule has 2 heterocycles. The van der Waals surface area contributed by atoms with Crippen molar-refractivity contribution in [2.75, 3.05) is 0 Å². The van der Waals surface area contributed by atoms with Crippen molar-refractivity contribution in [3.63, 3.8) is 0 Å². The second kappa shape index (κ2) is 6.07. The summed E-state index contributed by atoms with van der Waals surface area (Å²) in [5, 5.41) is 4.98. The number of hydrogen-bond acceptors (Lipinski definition) is 1. The van der Waals surface area contributed by atoms with Crippen LogP contribution in [0.5, 0.6) is 0 Å². The lowest BCUT2D eigenvalue weighted by molar-refractivity contribution is 0.259. The zero-order valence-corrected chi connectivity index (χ0v) is 19.7. The van der Waals surface area contributed by atoms with Gasteiger partial charge in [0.25, 0.3) is 0 Å². The summed E-state index contributed by atoms with van der Waals surface area (Å²) in [7, 11) is 0. The quantitative estimate of drug-likeness (QED) is 0.454. The van der Waals surface area contributed by atoms with Gasteiger partial charge < -0.3 is 0 Å². The fourth-order valence-electron chi connectivity index (χ4n) is 7.72. The van der Waals surface area contributed by atoms with Crippen LogP contribution in [0.1, 0.15) is 73.8 Å². The number of halogens is 1. The van der Waals surface area contributed by atoms with E-state index in [-0.39, 0.29) is 11.1 Å². The molecule has 3 aromatic rings. The van der Waals surface area contributed by atoms with Gasteiger partial charge in [0, 0.05) is 10.6 Å². The van der Waals surface area contributed by atoms with Crippen LogP contribution in [0.4, 0.5) is 0 Å². The van der Waals surface area contributed by atoms with Crippen LogP contribution < -0.4 is 5.32 Å². The molecule has 0 amide bonds. The summed E-state index contributed by atoms with van der Waals surface area (Å²) in [4.78, 5) is 0. The van der Waals surface area contributed by atoms with Crippen molar-refractivity contribution >= 4 is 11.6 Å². The van der Waals surface area contributed by atoms with Crippen molar-refractivity contribution < 1.29 is 0 Å². The molecule has 0 radical (unpaired) electrons. The van der Waals surface area contributed by atoms with Crippen LogP contribution in [-0.4, -0.2) is 0 Å². The van der Waals surface area contributed by atoms with Crippen molar-refractivity contribution in [2.24, 2.45) is 5.92 Å². The maximum Gasteiger partial charge on any atom is 0.0674 e. The SMILES string of the molecule is CC12CC3CC3(CC3(c4ccc(Cl)cc4)CC3)c3ccccc3C(C)(N1)c1ccccc12. The van der Waals surface area contributed by atoms with E-state index in [0.29, 0.717) is 10.8 Å². The smallest absolute Gasteiger partial charge is 0.0674 e. The molecule has 0 spiro atoms. The highest BCUT2D eigenvalue weighted by Crippen LogP contribution is 2.70. The minimum absolute atomic E-state index is 0.0300. The van der Waals surface area contributed by atoms with Gasteiger partial charge in [0.15, 0.2) is 0 Å². The normalized spacial score (nSPS) is 35.2. The van der Waals surface area contributed by atoms with E-state index in [0.717, 1.165) is 10.9 Å². The van der Waals surface area contributed by atoms with Gasteiger partial charge in [0.1, 0.15) is 0 Å². The summed E-state index contributed by atoms with van der Waals surface area (Å²) in [5.41, 5.74) is 8.05. The lowest BCUT2D eigenvalue weighted by Gasteiger charge is -2.39. The summed E-state index contributed by atoms with van der Waals surface area (Å²) in [6.07, 6.45) is 6.40. The molecule has 0 aromatic heterocycles. The lowest BCUT2D eigenvalue weighted by atomic mass is 9.72. The second-order valence-corrected chi connectivity index (χ2v) is 11.8. The molecule has 2 bridgehead atoms. The summed E-state index contributed by atoms with van der Waals surface area (Å²) >= 11 is 6.22. The molecule has 2 aliphatic carbocycles. The van der Waals surface area contributed by atoms with Crippen molar-refractivity contribution in [1.29, 1.82) is 0 Å². The van der Waals surface area contributed by atoms with E-state index in [1.807, 2.05) is 0 Å². The maximum absolute atomic E-state index is 6.22. The third-order valence-corrected chi connectivity index (χ3v) is 9.69. The average molecular weight is 440 g/mol. The topological polar surface area (TPSA) is 12.0 Å². The number of rotatable bonds is 3. The van der Waals surface area contributed by atoms with Crippen LogP contribution in [0.25, 0.3) is 0 Å². The second-order valence-electron chi connectivity index (χ2n) is 11.4. The molecule has 2 heteroatoms. The van der Waals surface area contributed by atoms with Crippen molar-refractivity contribution in [2.45, 2.75) is 67.9 Å². The van der Waals surface area contributed by atoms with Gasteiger partial charge in [-0.25, -0.2) is 0 Å². The first kappa shape index (κ1) is 19.4. The van der Waals surface area contributed by atoms with Gasteiger partial charge in [-0.15, -0.1) is 0 Å². The van der Waals surface area contributed by atoms with Gasteiger partial charge in [0.05, 0.1) is 5.54 Å². The van der Waals surface area contributed by atoms with Gasteiger partial charge in [0.2, 0.25) is 0 Å². The van der Waals surface area contributed by atoms with Crippen molar-refractivity contribution in [1.82, 2.24) is 5.32 Å². The molecule has 2 fully saturated rings. The molecule has 4 atom stereocenters. The summed E-state index contributed by atoms with van der Waals surface area (Å²) in [6, 6.07) is 27.2. The molecule has 7 rings (SSSR count). The molecule has 2 aliphatic heterocycles. The van der Waals surface area contributed by atoms with Gasteiger partial charge in [-0.1, -0.05) is 72.3 Å². The van der Waals surface area contributed by atoms with Crippen LogP contribution in [0.2, 0.25) is 5.02 Å². The summed E-state index contributed by atoms with van der Waals surface area (Å²) < 4.78 is 0. The van der Waals surface area contributed by atoms with E-state index in [1.165, 1.54) is 54.4 Å². The molecule has 0 saturated heterocycles. The molecular formula is C30H30ClN. The van der Waals surface area contributed by atoms with Gasteiger partial charge >= 0.3 is 0 Å². The Kier molecular flexibility index (Phi) is 3.68. The minimum atomic E-state index is -0.139. The zero-order chi connectivity index (χ0) is 21.8. The van der Waals surface area contributed by atoms with Gasteiger partial charge in [-0.3, -0.25) is 5.32 Å². The van der Waals surface area contributed by atoms with E-state index < -0.39 is 0 Å². The van der Waals surface area contributed by atoms with Crippen LogP contribution in [0.15, 0.2) is 72.8 Å². The number of fused-ring (bicyclic) bond motifs is 9. The predicted molar refractivity (Wildman–Crippen MR) is 131 cm³/mol. The Hall–Kier alpha value is -2.09. The summed E-state index contributed by atoms with van der Waals surface area (Å²) in [5.74, 6) is 0.724. The Morgan fingerprint density at radius 2 is 1.38 bits per heavy atom. The van der Waals surface area contributed by atoms with Crippen molar-refractivity contribution in [3.8, 4) is 0 Å². The first-order chi connectivity index (χ1) is 15.4. The highest BCUT2D eigenvalue weighted by atomic mass is 35.5. The maximum atomic E-state index is 6.22. The summed E-state index contributed by atoms with van der Waals surface area (Å²) in [6.45, 7) is 4.86. The predicted octanol–water partition coefficient (Wildman–Crippen LogP) is 7.21. The Morgan fingerprint density at radius 3 is 2.03 bits per heavy atom. The van der Waals surface area contributed by atoms with Gasteiger partial charge in [-0.05, 0) is 103 Å². The lowest BCUT2D eigenvalue weighted by Crippen LogP contribution is -2.47. The number of nitrogens with one attached hydrogen (secondary N) is 1. The fraction of sp³-hybridized carbons (Fsp3) is 0.400. The van der Waals surface area contributed by atoms with E-state index in [9.17, 15) is 0 Å². The average Bonchev–Trinajstić information content (AvgIpc) is 3.70. The largest absolute Gasteiger partial charge is 0.294 e. The standard InChI is InChI=1S/C30H30ClN/c1-27-17-21-18-30(21,19-29(15-16-29)20-11-13-22(31)14-12-20)26-10-6-5-9-25(26)28(2,32-27)24-8-4-3-7-23(24)27/h3-14,21,32H,15-19H2,1-2H3. The number of benzene rings is 3. The Bertz CT molecular complexity index is 1240. The van der Waals surface area contributed by atoms with Crippen LogP contribution in [0.3, 0.4) is 0 Å². The Balaban J connectivity index is 1.39. The third-order valence-electron chi connectivity index (χ3n) is 9.44. The first-order valence-corrected chi connectivity index (χ1v) is 12.5. The van der Waals surface area contributed by atoms with Gasteiger partial charge in [-0.2, -0.15) is 0 Å². The fourth-order valence-corrected chi connectivity index (χ4v) is 7.85. The van der Waals surface area contributed by atoms with Crippen molar-refractivity contribution in [3.05, 3.63) is 106 Å². The minimum Gasteiger partial charge on any atom is -0.294 e. The highest BCUT2D eigenvalue weighted by Gasteiger charge is 2.66. The molecule has 4 unspecified atom stereocenters. The highest BCUT2D eigenvalue weighted by molar-refractivity contribution is 6.30.